The predicted molar refractivity (Wildman–Crippen MR) is 63.5 cm³/mol. The third kappa shape index (κ3) is 2.89. The van der Waals surface area contributed by atoms with Crippen molar-refractivity contribution >= 4 is 6.16 Å². The lowest BCUT2D eigenvalue weighted by Crippen LogP contribution is -2.44. The summed E-state index contributed by atoms with van der Waals surface area (Å²) < 4.78 is 5.13. The SMILES string of the molecule is CCC1CC(C(C)C)CCC1(C)OC(=O)O. The topological polar surface area (TPSA) is 46.5 Å². The Balaban J connectivity index is 2.71. The van der Waals surface area contributed by atoms with Crippen LogP contribution in [0.1, 0.15) is 53.4 Å². The summed E-state index contributed by atoms with van der Waals surface area (Å²) in [7, 11) is 0. The predicted octanol–water partition coefficient (Wildman–Crippen LogP) is 3.92. The Bertz CT molecular complexity index is 250. The van der Waals surface area contributed by atoms with Crippen LogP contribution in [-0.4, -0.2) is 16.9 Å². The largest absolute Gasteiger partial charge is 0.506 e. The molecule has 0 spiro atoms. The van der Waals surface area contributed by atoms with Crippen LogP contribution in [0.25, 0.3) is 0 Å². The second-order valence-corrected chi connectivity index (χ2v) is 5.56. The first-order chi connectivity index (χ1) is 7.39. The van der Waals surface area contributed by atoms with Gasteiger partial charge in [-0.3, -0.25) is 0 Å². The zero-order valence-corrected chi connectivity index (χ0v) is 10.8. The molecule has 0 aromatic carbocycles. The Hall–Kier alpha value is -0.730. The van der Waals surface area contributed by atoms with Gasteiger partial charge in [0.25, 0.3) is 0 Å². The van der Waals surface area contributed by atoms with Crippen molar-refractivity contribution in [3.8, 4) is 0 Å². The van der Waals surface area contributed by atoms with Crippen LogP contribution in [0.5, 0.6) is 0 Å². The van der Waals surface area contributed by atoms with Gasteiger partial charge in [-0.05, 0) is 50.4 Å². The van der Waals surface area contributed by atoms with Crippen molar-refractivity contribution < 1.29 is 14.6 Å². The summed E-state index contributed by atoms with van der Waals surface area (Å²) in [6.45, 7) is 8.57. The summed E-state index contributed by atoms with van der Waals surface area (Å²) in [4.78, 5) is 10.7. The molecule has 16 heavy (non-hydrogen) atoms. The zero-order valence-electron chi connectivity index (χ0n) is 10.8. The maximum Gasteiger partial charge on any atom is 0.506 e. The van der Waals surface area contributed by atoms with Crippen molar-refractivity contribution in [2.75, 3.05) is 0 Å². The minimum Gasteiger partial charge on any atom is -0.450 e. The maximum atomic E-state index is 10.7. The monoisotopic (exact) mass is 228 g/mol. The average molecular weight is 228 g/mol. The minimum atomic E-state index is -1.14. The normalized spacial score (nSPS) is 35.1. The molecular weight excluding hydrogens is 204 g/mol. The molecule has 94 valence electrons. The van der Waals surface area contributed by atoms with Gasteiger partial charge >= 0.3 is 6.16 Å². The molecule has 0 aromatic rings. The molecule has 3 heteroatoms. The van der Waals surface area contributed by atoms with Gasteiger partial charge in [-0.15, -0.1) is 0 Å². The lowest BCUT2D eigenvalue weighted by molar-refractivity contribution is -0.0808. The molecule has 1 aliphatic rings. The van der Waals surface area contributed by atoms with E-state index in [-0.39, 0.29) is 0 Å². The van der Waals surface area contributed by atoms with Gasteiger partial charge in [0.1, 0.15) is 5.60 Å². The molecular formula is C13H24O3. The van der Waals surface area contributed by atoms with Crippen molar-refractivity contribution in [1.82, 2.24) is 0 Å². The van der Waals surface area contributed by atoms with Crippen molar-refractivity contribution in [1.29, 1.82) is 0 Å². The Morgan fingerprint density at radius 2 is 2.19 bits per heavy atom. The first-order valence-electron chi connectivity index (χ1n) is 6.31. The standard InChI is InChI=1S/C13H24O3/c1-5-11-8-10(9(2)3)6-7-13(11,4)16-12(14)15/h9-11H,5-8H2,1-4H3,(H,14,15). The maximum absolute atomic E-state index is 10.7. The molecule has 3 atom stereocenters. The molecule has 1 fully saturated rings. The fourth-order valence-electron chi connectivity index (χ4n) is 2.95. The highest BCUT2D eigenvalue weighted by atomic mass is 16.7. The number of carboxylic acid groups (broad SMARTS) is 1. The molecule has 1 aliphatic carbocycles. The number of carbonyl (C=O) groups is 1. The lowest BCUT2D eigenvalue weighted by atomic mass is 9.68. The fourth-order valence-corrected chi connectivity index (χ4v) is 2.95. The summed E-state index contributed by atoms with van der Waals surface area (Å²) in [5.41, 5.74) is -0.466. The first kappa shape index (κ1) is 13.3. The number of hydrogen-bond acceptors (Lipinski definition) is 2. The van der Waals surface area contributed by atoms with Gasteiger partial charge in [0.2, 0.25) is 0 Å². The van der Waals surface area contributed by atoms with E-state index < -0.39 is 11.8 Å². The van der Waals surface area contributed by atoms with E-state index in [0.29, 0.717) is 11.8 Å². The third-order valence-electron chi connectivity index (χ3n) is 4.22. The molecule has 1 rings (SSSR count). The molecule has 0 amide bonds. The molecule has 0 aliphatic heterocycles. The molecule has 1 saturated carbocycles. The quantitative estimate of drug-likeness (QED) is 0.745. The van der Waals surface area contributed by atoms with Crippen LogP contribution >= 0.6 is 0 Å². The molecule has 3 unspecified atom stereocenters. The number of rotatable bonds is 3. The molecule has 0 saturated heterocycles. The number of hydrogen-bond donors (Lipinski definition) is 1. The number of ether oxygens (including phenoxy) is 1. The molecule has 1 N–H and O–H groups in total. The van der Waals surface area contributed by atoms with E-state index in [0.717, 1.165) is 31.6 Å². The fraction of sp³-hybridized carbons (Fsp3) is 0.923. The van der Waals surface area contributed by atoms with E-state index >= 15 is 0 Å². The van der Waals surface area contributed by atoms with Gasteiger partial charge in [-0.25, -0.2) is 4.79 Å². The summed E-state index contributed by atoms with van der Waals surface area (Å²) >= 11 is 0. The summed E-state index contributed by atoms with van der Waals surface area (Å²) in [6, 6.07) is 0. The van der Waals surface area contributed by atoms with E-state index in [9.17, 15) is 4.79 Å². The molecule has 0 radical (unpaired) electrons. The van der Waals surface area contributed by atoms with Crippen molar-refractivity contribution in [2.24, 2.45) is 17.8 Å². The van der Waals surface area contributed by atoms with Gasteiger partial charge in [-0.2, -0.15) is 0 Å². The zero-order chi connectivity index (χ0) is 12.3. The summed E-state index contributed by atoms with van der Waals surface area (Å²) in [5.74, 6) is 1.77. The lowest BCUT2D eigenvalue weighted by Gasteiger charge is -2.43. The Labute approximate surface area is 98.2 Å². The van der Waals surface area contributed by atoms with Gasteiger partial charge in [0.15, 0.2) is 0 Å². The highest BCUT2D eigenvalue weighted by Gasteiger charge is 2.42. The van der Waals surface area contributed by atoms with Crippen molar-refractivity contribution in [3.63, 3.8) is 0 Å². The van der Waals surface area contributed by atoms with Crippen LogP contribution in [0.3, 0.4) is 0 Å². The van der Waals surface area contributed by atoms with Gasteiger partial charge in [0.05, 0.1) is 0 Å². The summed E-state index contributed by atoms with van der Waals surface area (Å²) in [5, 5.41) is 8.80. The highest BCUT2D eigenvalue weighted by Crippen LogP contribution is 2.43. The molecule has 0 bridgehead atoms. The van der Waals surface area contributed by atoms with E-state index in [4.69, 9.17) is 9.84 Å². The van der Waals surface area contributed by atoms with E-state index in [1.54, 1.807) is 0 Å². The van der Waals surface area contributed by atoms with Crippen LogP contribution in [0.2, 0.25) is 0 Å². The van der Waals surface area contributed by atoms with E-state index in [1.807, 2.05) is 6.92 Å². The second-order valence-electron chi connectivity index (χ2n) is 5.56. The van der Waals surface area contributed by atoms with Gasteiger partial charge in [0, 0.05) is 0 Å². The van der Waals surface area contributed by atoms with Crippen molar-refractivity contribution in [3.05, 3.63) is 0 Å². The first-order valence-corrected chi connectivity index (χ1v) is 6.31. The van der Waals surface area contributed by atoms with Gasteiger partial charge < -0.3 is 9.84 Å². The van der Waals surface area contributed by atoms with E-state index in [1.165, 1.54) is 0 Å². The van der Waals surface area contributed by atoms with E-state index in [2.05, 4.69) is 20.8 Å². The Morgan fingerprint density at radius 1 is 1.56 bits per heavy atom. The second kappa shape index (κ2) is 5.07. The minimum absolute atomic E-state index is 0.366. The van der Waals surface area contributed by atoms with Crippen LogP contribution in [0, 0.1) is 17.8 Å². The Kier molecular flexibility index (Phi) is 4.22. The van der Waals surface area contributed by atoms with Crippen LogP contribution in [-0.2, 0) is 4.74 Å². The van der Waals surface area contributed by atoms with Crippen LogP contribution < -0.4 is 0 Å². The average Bonchev–Trinajstić information content (AvgIpc) is 2.16. The van der Waals surface area contributed by atoms with Crippen LogP contribution in [0.4, 0.5) is 4.79 Å². The molecule has 3 nitrogen and oxygen atoms in total. The van der Waals surface area contributed by atoms with Crippen molar-refractivity contribution in [2.45, 2.75) is 59.0 Å². The van der Waals surface area contributed by atoms with Crippen LogP contribution in [0.15, 0.2) is 0 Å². The molecule has 0 heterocycles. The molecule has 0 aromatic heterocycles. The Morgan fingerprint density at radius 3 is 2.62 bits per heavy atom. The third-order valence-corrected chi connectivity index (χ3v) is 4.22. The van der Waals surface area contributed by atoms with Gasteiger partial charge in [-0.1, -0.05) is 20.8 Å². The smallest absolute Gasteiger partial charge is 0.450 e. The highest BCUT2D eigenvalue weighted by molar-refractivity contribution is 5.57. The summed E-state index contributed by atoms with van der Waals surface area (Å²) in [6.07, 6.45) is 2.90.